The van der Waals surface area contributed by atoms with E-state index in [9.17, 15) is 0 Å². The van der Waals surface area contributed by atoms with Crippen LogP contribution >= 0.6 is 0 Å². The first kappa shape index (κ1) is 15.9. The van der Waals surface area contributed by atoms with Gasteiger partial charge < -0.3 is 15.1 Å². The largest absolute Gasteiger partial charge is 0.312 e. The highest BCUT2D eigenvalue weighted by Gasteiger charge is 2.21. The molecule has 1 rings (SSSR count). The van der Waals surface area contributed by atoms with Gasteiger partial charge in [-0.3, -0.25) is 0 Å². The number of rotatable bonds is 5. The smallest absolute Gasteiger partial charge is 0.0113 e. The van der Waals surface area contributed by atoms with Crippen molar-refractivity contribution in [1.29, 1.82) is 0 Å². The van der Waals surface area contributed by atoms with Crippen molar-refractivity contribution in [3.8, 4) is 0 Å². The minimum atomic E-state index is 0.242. The first-order valence-corrected chi connectivity index (χ1v) is 7.42. The molecule has 1 N–H and O–H groups in total. The number of nitrogens with one attached hydrogen (secondary N) is 1. The molecule has 0 radical (unpaired) electrons. The third-order valence-electron chi connectivity index (χ3n) is 3.84. The molecule has 1 heterocycles. The molecule has 0 aromatic rings. The lowest BCUT2D eigenvalue weighted by Crippen LogP contribution is -2.45. The average Bonchev–Trinajstić information content (AvgIpc) is 2.26. The van der Waals surface area contributed by atoms with E-state index in [1.807, 2.05) is 0 Å². The van der Waals surface area contributed by atoms with Gasteiger partial charge in [0.2, 0.25) is 0 Å². The van der Waals surface area contributed by atoms with Crippen molar-refractivity contribution in [3.05, 3.63) is 0 Å². The van der Waals surface area contributed by atoms with Gasteiger partial charge in [0.1, 0.15) is 0 Å². The Kier molecular flexibility index (Phi) is 6.09. The third kappa shape index (κ3) is 6.17. The van der Waals surface area contributed by atoms with Gasteiger partial charge in [-0.15, -0.1) is 0 Å². The van der Waals surface area contributed by atoms with Crippen LogP contribution in [-0.4, -0.2) is 61.7 Å². The van der Waals surface area contributed by atoms with Crippen molar-refractivity contribution in [1.82, 2.24) is 15.1 Å². The van der Waals surface area contributed by atoms with E-state index in [1.54, 1.807) is 0 Å². The van der Waals surface area contributed by atoms with Crippen molar-refractivity contribution < 1.29 is 0 Å². The summed E-state index contributed by atoms with van der Waals surface area (Å²) in [5, 5.41) is 3.60. The summed E-state index contributed by atoms with van der Waals surface area (Å²) in [5.41, 5.74) is 0.242. The fraction of sp³-hybridized carbons (Fsp3) is 1.00. The normalized spacial score (nSPS) is 21.5. The van der Waals surface area contributed by atoms with E-state index >= 15 is 0 Å². The fourth-order valence-electron chi connectivity index (χ4n) is 2.60. The molecule has 108 valence electrons. The van der Waals surface area contributed by atoms with Crippen molar-refractivity contribution in [2.24, 2.45) is 5.92 Å². The molecule has 1 fully saturated rings. The quantitative estimate of drug-likeness (QED) is 0.811. The average molecular weight is 255 g/mol. The third-order valence-corrected chi connectivity index (χ3v) is 3.84. The van der Waals surface area contributed by atoms with Crippen molar-refractivity contribution in [2.45, 2.75) is 52.1 Å². The molecular formula is C15H33N3. The molecule has 1 atom stereocenters. The molecule has 3 heteroatoms. The summed E-state index contributed by atoms with van der Waals surface area (Å²) in [6.07, 6.45) is 2.65. The number of hydrogen-bond acceptors (Lipinski definition) is 3. The van der Waals surface area contributed by atoms with E-state index in [0.717, 1.165) is 18.5 Å². The highest BCUT2D eigenvalue weighted by atomic mass is 15.2. The molecule has 0 amide bonds. The minimum Gasteiger partial charge on any atom is -0.312 e. The standard InChI is InChI=1S/C15H33N3/c1-13(11-16-15(2,3)4)12-18-9-7-14(8-10-18)17(5)6/h13-14,16H,7-12H2,1-6H3. The Morgan fingerprint density at radius 3 is 2.22 bits per heavy atom. The zero-order valence-electron chi connectivity index (χ0n) is 13.3. The molecule has 1 aliphatic rings. The molecular weight excluding hydrogens is 222 g/mol. The van der Waals surface area contributed by atoms with Crippen molar-refractivity contribution in [2.75, 3.05) is 40.3 Å². The molecule has 1 unspecified atom stereocenters. The zero-order valence-corrected chi connectivity index (χ0v) is 13.3. The Morgan fingerprint density at radius 2 is 1.78 bits per heavy atom. The Morgan fingerprint density at radius 1 is 1.22 bits per heavy atom. The van der Waals surface area contributed by atoms with Gasteiger partial charge >= 0.3 is 0 Å². The lowest BCUT2D eigenvalue weighted by atomic mass is 10.0. The zero-order chi connectivity index (χ0) is 13.8. The van der Waals surface area contributed by atoms with Gasteiger partial charge in [0.15, 0.2) is 0 Å². The Bertz CT molecular complexity index is 224. The van der Waals surface area contributed by atoms with Crippen LogP contribution in [0.25, 0.3) is 0 Å². The van der Waals surface area contributed by atoms with Crippen LogP contribution in [0.4, 0.5) is 0 Å². The summed E-state index contributed by atoms with van der Waals surface area (Å²) >= 11 is 0. The van der Waals surface area contributed by atoms with Gasteiger partial charge in [-0.2, -0.15) is 0 Å². The topological polar surface area (TPSA) is 18.5 Å². The molecule has 0 aliphatic carbocycles. The summed E-state index contributed by atoms with van der Waals surface area (Å²) in [5.74, 6) is 0.736. The summed E-state index contributed by atoms with van der Waals surface area (Å²) in [6, 6.07) is 0.796. The minimum absolute atomic E-state index is 0.242. The molecule has 0 spiro atoms. The van der Waals surface area contributed by atoms with Gasteiger partial charge in [0.25, 0.3) is 0 Å². The van der Waals surface area contributed by atoms with Gasteiger partial charge in [-0.25, -0.2) is 0 Å². The van der Waals surface area contributed by atoms with Crippen LogP contribution in [0, 0.1) is 5.92 Å². The molecule has 18 heavy (non-hydrogen) atoms. The Labute approximate surface area is 114 Å². The fourth-order valence-corrected chi connectivity index (χ4v) is 2.60. The molecule has 0 saturated carbocycles. The predicted molar refractivity (Wildman–Crippen MR) is 80.1 cm³/mol. The molecule has 3 nitrogen and oxygen atoms in total. The predicted octanol–water partition coefficient (Wildman–Crippen LogP) is 2.04. The number of nitrogens with zero attached hydrogens (tertiary/aromatic N) is 2. The second-order valence-electron chi connectivity index (χ2n) is 7.23. The first-order chi connectivity index (χ1) is 8.28. The van der Waals surface area contributed by atoms with Crippen LogP contribution in [0.2, 0.25) is 0 Å². The van der Waals surface area contributed by atoms with E-state index in [-0.39, 0.29) is 5.54 Å². The van der Waals surface area contributed by atoms with Gasteiger partial charge in [0, 0.05) is 18.1 Å². The maximum absolute atomic E-state index is 3.60. The van der Waals surface area contributed by atoms with Crippen LogP contribution in [0.5, 0.6) is 0 Å². The lowest BCUT2D eigenvalue weighted by molar-refractivity contribution is 0.130. The van der Waals surface area contributed by atoms with E-state index < -0.39 is 0 Å². The van der Waals surface area contributed by atoms with Gasteiger partial charge in [-0.1, -0.05) is 6.92 Å². The Hall–Kier alpha value is -0.120. The van der Waals surface area contributed by atoms with Crippen LogP contribution in [0.1, 0.15) is 40.5 Å². The van der Waals surface area contributed by atoms with Crippen LogP contribution < -0.4 is 5.32 Å². The van der Waals surface area contributed by atoms with E-state index in [2.05, 4.69) is 56.9 Å². The molecule has 0 bridgehead atoms. The van der Waals surface area contributed by atoms with Crippen LogP contribution in [-0.2, 0) is 0 Å². The molecule has 0 aromatic carbocycles. The Balaban J connectivity index is 2.20. The van der Waals surface area contributed by atoms with Crippen LogP contribution in [0.3, 0.4) is 0 Å². The number of hydrogen-bond donors (Lipinski definition) is 1. The van der Waals surface area contributed by atoms with Gasteiger partial charge in [0.05, 0.1) is 0 Å². The monoisotopic (exact) mass is 255 g/mol. The lowest BCUT2D eigenvalue weighted by Gasteiger charge is -2.36. The van der Waals surface area contributed by atoms with E-state index in [4.69, 9.17) is 0 Å². The second kappa shape index (κ2) is 6.88. The summed E-state index contributed by atoms with van der Waals surface area (Å²) < 4.78 is 0. The molecule has 0 aromatic heterocycles. The molecule has 1 saturated heterocycles. The maximum Gasteiger partial charge on any atom is 0.0113 e. The summed E-state index contributed by atoms with van der Waals surface area (Å²) in [6.45, 7) is 14.0. The van der Waals surface area contributed by atoms with E-state index in [1.165, 1.54) is 32.5 Å². The summed E-state index contributed by atoms with van der Waals surface area (Å²) in [7, 11) is 4.41. The second-order valence-corrected chi connectivity index (χ2v) is 7.23. The highest BCUT2D eigenvalue weighted by molar-refractivity contribution is 4.79. The van der Waals surface area contributed by atoms with Crippen molar-refractivity contribution >= 4 is 0 Å². The SMILES string of the molecule is CC(CNC(C)(C)C)CN1CCC(N(C)C)CC1. The first-order valence-electron chi connectivity index (χ1n) is 7.42. The maximum atomic E-state index is 3.60. The molecule has 1 aliphatic heterocycles. The number of likely N-dealkylation sites (tertiary alicyclic amines) is 1. The highest BCUT2D eigenvalue weighted by Crippen LogP contribution is 2.15. The van der Waals surface area contributed by atoms with E-state index in [0.29, 0.717) is 0 Å². The van der Waals surface area contributed by atoms with Gasteiger partial charge in [-0.05, 0) is 73.3 Å². The van der Waals surface area contributed by atoms with Crippen molar-refractivity contribution in [3.63, 3.8) is 0 Å². The summed E-state index contributed by atoms with van der Waals surface area (Å²) in [4.78, 5) is 5.01. The van der Waals surface area contributed by atoms with Crippen LogP contribution in [0.15, 0.2) is 0 Å². The number of piperidine rings is 1.